The highest BCUT2D eigenvalue weighted by Gasteiger charge is 2.16. The number of Topliss-reactive ketones (excluding diaryl/α,β-unsaturated/α-hetero) is 1. The Morgan fingerprint density at radius 1 is 1.05 bits per heavy atom. The van der Waals surface area contributed by atoms with Gasteiger partial charge in [0.25, 0.3) is 0 Å². The quantitative estimate of drug-likeness (QED) is 0.722. The molecular weight excluding hydrogens is 278 g/mol. The van der Waals surface area contributed by atoms with E-state index < -0.39 is 5.97 Å². The Kier molecular flexibility index (Phi) is 3.51. The molecule has 1 aromatic heterocycles. The molecule has 0 radical (unpaired) electrons. The van der Waals surface area contributed by atoms with Crippen LogP contribution in [0.2, 0.25) is 0 Å². The zero-order valence-corrected chi connectivity index (χ0v) is 12.1. The van der Waals surface area contributed by atoms with Gasteiger partial charge >= 0.3 is 5.97 Å². The highest BCUT2D eigenvalue weighted by atomic mass is 16.4. The van der Waals surface area contributed by atoms with Gasteiger partial charge in [0.1, 0.15) is 5.69 Å². The van der Waals surface area contributed by atoms with Crippen molar-refractivity contribution in [1.82, 2.24) is 4.98 Å². The van der Waals surface area contributed by atoms with Gasteiger partial charge in [-0.1, -0.05) is 42.5 Å². The molecule has 2 N–H and O–H groups in total. The number of rotatable bonds is 4. The number of carbonyl (C=O) groups is 2. The Balaban J connectivity index is 1.88. The maximum absolute atomic E-state index is 12.4. The van der Waals surface area contributed by atoms with Gasteiger partial charge in [0, 0.05) is 17.7 Å². The van der Waals surface area contributed by atoms with Crippen molar-refractivity contribution in [1.29, 1.82) is 0 Å². The van der Waals surface area contributed by atoms with Gasteiger partial charge in [-0.3, -0.25) is 4.79 Å². The Labute approximate surface area is 127 Å². The third-order valence-corrected chi connectivity index (χ3v) is 3.72. The molecule has 3 aromatic rings. The molecule has 0 fully saturated rings. The summed E-state index contributed by atoms with van der Waals surface area (Å²) < 4.78 is 0. The molecule has 0 amide bonds. The monoisotopic (exact) mass is 293 g/mol. The molecular formula is C18H15NO3. The summed E-state index contributed by atoms with van der Waals surface area (Å²) in [5.41, 5.74) is 1.98. The number of hydrogen-bond acceptors (Lipinski definition) is 2. The van der Waals surface area contributed by atoms with Crippen LogP contribution in [0.3, 0.4) is 0 Å². The minimum atomic E-state index is -1.06. The topological polar surface area (TPSA) is 70.2 Å². The van der Waals surface area contributed by atoms with Gasteiger partial charge in [-0.05, 0) is 29.3 Å². The van der Waals surface area contributed by atoms with Crippen LogP contribution in [0.5, 0.6) is 0 Å². The Bertz CT molecular complexity index is 877. The summed E-state index contributed by atoms with van der Waals surface area (Å²) in [5, 5.41) is 11.2. The fourth-order valence-corrected chi connectivity index (χ4v) is 2.59. The van der Waals surface area contributed by atoms with Crippen LogP contribution in [0.25, 0.3) is 10.8 Å². The number of nitrogens with one attached hydrogen (secondary N) is 1. The molecule has 0 saturated heterocycles. The highest BCUT2D eigenvalue weighted by Crippen LogP contribution is 2.18. The molecule has 0 atom stereocenters. The summed E-state index contributed by atoms with van der Waals surface area (Å²) in [6, 6.07) is 15.3. The number of carboxylic acids is 1. The van der Waals surface area contributed by atoms with Crippen molar-refractivity contribution in [3.63, 3.8) is 0 Å². The molecule has 1 heterocycles. The summed E-state index contributed by atoms with van der Waals surface area (Å²) in [6.45, 7) is 1.71. The van der Waals surface area contributed by atoms with Crippen molar-refractivity contribution in [2.75, 3.05) is 0 Å². The van der Waals surface area contributed by atoms with Crippen LogP contribution in [-0.4, -0.2) is 21.8 Å². The molecule has 22 heavy (non-hydrogen) atoms. The van der Waals surface area contributed by atoms with Crippen LogP contribution in [0.4, 0.5) is 0 Å². The van der Waals surface area contributed by atoms with E-state index in [0.29, 0.717) is 11.3 Å². The van der Waals surface area contributed by atoms with Crippen molar-refractivity contribution >= 4 is 22.5 Å². The van der Waals surface area contributed by atoms with Gasteiger partial charge in [0.15, 0.2) is 5.78 Å². The second kappa shape index (κ2) is 5.48. The first-order chi connectivity index (χ1) is 10.5. The fraction of sp³-hybridized carbons (Fsp3) is 0.111. The molecule has 0 aliphatic heterocycles. The first-order valence-electron chi connectivity index (χ1n) is 6.98. The maximum atomic E-state index is 12.4. The lowest BCUT2D eigenvalue weighted by Gasteiger charge is -2.03. The summed E-state index contributed by atoms with van der Waals surface area (Å²) in [6.07, 6.45) is 0.253. The van der Waals surface area contributed by atoms with E-state index >= 15 is 0 Å². The predicted octanol–water partition coefficient (Wildman–Crippen LogP) is 3.60. The van der Waals surface area contributed by atoms with Crippen molar-refractivity contribution in [3.05, 3.63) is 71.0 Å². The number of fused-ring (bicyclic) bond motifs is 1. The Hall–Kier alpha value is -2.88. The second-order valence-electron chi connectivity index (χ2n) is 5.31. The number of carbonyl (C=O) groups excluding carboxylic acids is 1. The number of aromatic carboxylic acids is 1. The number of aromatic amines is 1. The Morgan fingerprint density at radius 2 is 1.77 bits per heavy atom. The van der Waals surface area contributed by atoms with Crippen LogP contribution in [-0.2, 0) is 6.42 Å². The van der Waals surface area contributed by atoms with Gasteiger partial charge in [-0.2, -0.15) is 0 Å². The molecule has 0 bridgehead atoms. The SMILES string of the molecule is Cc1[nH]c(C(=O)O)cc1C(=O)Cc1ccc2ccccc2c1. The minimum Gasteiger partial charge on any atom is -0.477 e. The standard InChI is InChI=1S/C18H15NO3/c1-11-15(10-16(19-11)18(21)22)17(20)9-12-6-7-13-4-2-3-5-14(13)8-12/h2-8,10,19H,9H2,1H3,(H,21,22). The van der Waals surface area contributed by atoms with Crippen molar-refractivity contribution in [3.8, 4) is 0 Å². The largest absolute Gasteiger partial charge is 0.477 e. The van der Waals surface area contributed by atoms with E-state index in [4.69, 9.17) is 5.11 Å². The van der Waals surface area contributed by atoms with Gasteiger partial charge < -0.3 is 10.1 Å². The molecule has 0 aliphatic rings. The fourth-order valence-electron chi connectivity index (χ4n) is 2.59. The zero-order valence-electron chi connectivity index (χ0n) is 12.1. The third-order valence-electron chi connectivity index (χ3n) is 3.72. The average molecular weight is 293 g/mol. The molecule has 0 saturated carbocycles. The number of H-pyrrole nitrogens is 1. The summed E-state index contributed by atoms with van der Waals surface area (Å²) in [7, 11) is 0. The lowest BCUT2D eigenvalue weighted by atomic mass is 10.0. The maximum Gasteiger partial charge on any atom is 0.352 e. The van der Waals surface area contributed by atoms with Crippen LogP contribution in [0, 0.1) is 6.92 Å². The van der Waals surface area contributed by atoms with Gasteiger partial charge in [-0.15, -0.1) is 0 Å². The van der Waals surface area contributed by atoms with Crippen LogP contribution in [0.1, 0.15) is 32.1 Å². The number of hydrogen-bond donors (Lipinski definition) is 2. The number of aryl methyl sites for hydroxylation is 1. The molecule has 2 aromatic carbocycles. The molecule has 4 nitrogen and oxygen atoms in total. The predicted molar refractivity (Wildman–Crippen MR) is 84.5 cm³/mol. The van der Waals surface area contributed by atoms with E-state index in [9.17, 15) is 9.59 Å². The Morgan fingerprint density at radius 3 is 2.45 bits per heavy atom. The van der Waals surface area contributed by atoms with Crippen molar-refractivity contribution in [2.24, 2.45) is 0 Å². The van der Waals surface area contributed by atoms with Gasteiger partial charge in [0.05, 0.1) is 0 Å². The average Bonchev–Trinajstić information content (AvgIpc) is 2.89. The zero-order chi connectivity index (χ0) is 15.7. The van der Waals surface area contributed by atoms with Crippen LogP contribution >= 0.6 is 0 Å². The second-order valence-corrected chi connectivity index (χ2v) is 5.31. The van der Waals surface area contributed by atoms with Gasteiger partial charge in [0.2, 0.25) is 0 Å². The van der Waals surface area contributed by atoms with E-state index in [1.807, 2.05) is 42.5 Å². The number of ketones is 1. The smallest absolute Gasteiger partial charge is 0.352 e. The molecule has 0 spiro atoms. The summed E-state index contributed by atoms with van der Waals surface area (Å²) in [4.78, 5) is 26.1. The van der Waals surface area contributed by atoms with E-state index in [0.717, 1.165) is 16.3 Å². The van der Waals surface area contributed by atoms with Crippen molar-refractivity contribution < 1.29 is 14.7 Å². The highest BCUT2D eigenvalue weighted by molar-refractivity contribution is 6.01. The van der Waals surface area contributed by atoms with Crippen LogP contribution in [0.15, 0.2) is 48.5 Å². The molecule has 4 heteroatoms. The normalized spacial score (nSPS) is 10.8. The first kappa shape index (κ1) is 14.1. The number of benzene rings is 2. The minimum absolute atomic E-state index is 0.0411. The summed E-state index contributed by atoms with van der Waals surface area (Å²) in [5.74, 6) is -1.15. The van der Waals surface area contributed by atoms with E-state index in [2.05, 4.69) is 4.98 Å². The molecule has 0 unspecified atom stereocenters. The van der Waals surface area contributed by atoms with Crippen LogP contribution < -0.4 is 0 Å². The lowest BCUT2D eigenvalue weighted by molar-refractivity contribution is 0.0691. The lowest BCUT2D eigenvalue weighted by Crippen LogP contribution is -2.04. The molecule has 3 rings (SSSR count). The van der Waals surface area contributed by atoms with E-state index in [-0.39, 0.29) is 17.9 Å². The summed E-state index contributed by atoms with van der Waals surface area (Å²) >= 11 is 0. The first-order valence-corrected chi connectivity index (χ1v) is 6.98. The van der Waals surface area contributed by atoms with Gasteiger partial charge in [-0.25, -0.2) is 4.79 Å². The van der Waals surface area contributed by atoms with E-state index in [1.54, 1.807) is 6.92 Å². The van der Waals surface area contributed by atoms with E-state index in [1.165, 1.54) is 6.07 Å². The van der Waals surface area contributed by atoms with Crippen molar-refractivity contribution in [2.45, 2.75) is 13.3 Å². The molecule has 110 valence electrons. The number of carboxylic acid groups (broad SMARTS) is 1. The molecule has 0 aliphatic carbocycles. The third kappa shape index (κ3) is 2.63. The number of aromatic nitrogens is 1.